The zero-order chi connectivity index (χ0) is 27.7. The predicted molar refractivity (Wildman–Crippen MR) is 153 cm³/mol. The van der Waals surface area contributed by atoms with E-state index in [2.05, 4.69) is 13.8 Å². The summed E-state index contributed by atoms with van der Waals surface area (Å²) in [5.41, 5.74) is 0.438. The van der Waals surface area contributed by atoms with E-state index in [1.807, 2.05) is 0 Å². The molecule has 5 nitrogen and oxygen atoms in total. The normalized spacial score (nSPS) is 17.2. The average Bonchev–Trinajstić information content (AvgIpc) is 2.95. The Kier molecular flexibility index (Phi) is 14.4. The summed E-state index contributed by atoms with van der Waals surface area (Å²) in [4.78, 5) is 12.6. The van der Waals surface area contributed by atoms with Crippen molar-refractivity contribution >= 4 is 5.97 Å². The smallest absolute Gasteiger partial charge is 0.343 e. The molecule has 0 aliphatic carbocycles. The van der Waals surface area contributed by atoms with Crippen molar-refractivity contribution in [1.82, 2.24) is 0 Å². The minimum absolute atomic E-state index is 0.135. The van der Waals surface area contributed by atoms with Crippen LogP contribution in [0.5, 0.6) is 11.5 Å². The van der Waals surface area contributed by atoms with Crippen LogP contribution < -0.4 is 9.47 Å². The molecule has 0 amide bonds. The molecule has 0 aromatic heterocycles. The van der Waals surface area contributed by atoms with Crippen molar-refractivity contribution in [2.45, 2.75) is 104 Å². The summed E-state index contributed by atoms with van der Waals surface area (Å²) < 4.78 is 37.7. The molecule has 1 aliphatic rings. The largest absolute Gasteiger partial charge is 0.494 e. The van der Waals surface area contributed by atoms with Gasteiger partial charge in [-0.2, -0.15) is 0 Å². The Labute approximate surface area is 234 Å². The summed E-state index contributed by atoms with van der Waals surface area (Å²) >= 11 is 0. The van der Waals surface area contributed by atoms with E-state index < -0.39 is 18.1 Å². The molecule has 1 heterocycles. The van der Waals surface area contributed by atoms with E-state index in [-0.39, 0.29) is 5.56 Å². The van der Waals surface area contributed by atoms with Crippen molar-refractivity contribution in [2.24, 2.45) is 5.92 Å². The maximum absolute atomic E-state index is 14.9. The van der Waals surface area contributed by atoms with Gasteiger partial charge < -0.3 is 18.9 Å². The summed E-state index contributed by atoms with van der Waals surface area (Å²) in [6, 6.07) is 11.2. The lowest BCUT2D eigenvalue weighted by Gasteiger charge is -2.30. The van der Waals surface area contributed by atoms with Crippen LogP contribution in [0.4, 0.5) is 4.39 Å². The Morgan fingerprint density at radius 1 is 0.795 bits per heavy atom. The molecule has 0 N–H and O–H groups in total. The second kappa shape index (κ2) is 18.0. The first-order valence-corrected chi connectivity index (χ1v) is 15.1. The molecule has 2 aromatic rings. The highest BCUT2D eigenvalue weighted by Crippen LogP contribution is 2.30. The van der Waals surface area contributed by atoms with E-state index in [1.54, 1.807) is 36.4 Å². The maximum Gasteiger partial charge on any atom is 0.343 e. The molecule has 3 rings (SSSR count). The third kappa shape index (κ3) is 11.3. The molecule has 0 saturated carbocycles. The molecule has 1 saturated heterocycles. The number of benzene rings is 2. The number of hydrogen-bond acceptors (Lipinski definition) is 5. The standard InChI is InChI=1S/C33H47FO5/c1-3-5-7-9-10-11-13-15-26-24-37-33(38-25-26)30-21-16-27(23-31(30)34)32(35)39-29-19-17-28(18-20-29)36-22-14-12-8-6-4-2/h16-21,23,26,33H,3-15,22,24-25H2,1-2H3. The minimum Gasteiger partial charge on any atom is -0.494 e. The highest BCUT2D eigenvalue weighted by molar-refractivity contribution is 5.91. The van der Waals surface area contributed by atoms with Crippen LogP contribution in [-0.4, -0.2) is 25.8 Å². The van der Waals surface area contributed by atoms with Crippen molar-refractivity contribution in [2.75, 3.05) is 19.8 Å². The van der Waals surface area contributed by atoms with Crippen molar-refractivity contribution < 1.29 is 28.1 Å². The Balaban J connectivity index is 1.38. The number of hydrogen-bond donors (Lipinski definition) is 0. The van der Waals surface area contributed by atoms with Crippen LogP contribution in [-0.2, 0) is 9.47 Å². The molecule has 2 aromatic carbocycles. The highest BCUT2D eigenvalue weighted by Gasteiger charge is 2.26. The molecular formula is C33H47FO5. The number of halogens is 1. The number of ether oxygens (including phenoxy) is 4. The zero-order valence-electron chi connectivity index (χ0n) is 23.9. The van der Waals surface area contributed by atoms with Crippen molar-refractivity contribution in [1.29, 1.82) is 0 Å². The summed E-state index contributed by atoms with van der Waals surface area (Å²) in [5, 5.41) is 0. The summed E-state index contributed by atoms with van der Waals surface area (Å²) in [7, 11) is 0. The zero-order valence-corrected chi connectivity index (χ0v) is 23.9. The van der Waals surface area contributed by atoms with Gasteiger partial charge in [0.15, 0.2) is 6.29 Å². The number of esters is 1. The fourth-order valence-corrected chi connectivity index (χ4v) is 4.79. The number of carbonyl (C=O) groups excluding carboxylic acids is 1. The lowest BCUT2D eigenvalue weighted by atomic mass is 10.0. The Morgan fingerprint density at radius 2 is 1.38 bits per heavy atom. The van der Waals surface area contributed by atoms with E-state index in [4.69, 9.17) is 18.9 Å². The van der Waals surface area contributed by atoms with Gasteiger partial charge in [0, 0.05) is 11.5 Å². The molecular weight excluding hydrogens is 495 g/mol. The van der Waals surface area contributed by atoms with E-state index in [0.29, 0.717) is 37.1 Å². The van der Waals surface area contributed by atoms with Crippen molar-refractivity contribution in [3.63, 3.8) is 0 Å². The molecule has 39 heavy (non-hydrogen) atoms. The number of carbonyl (C=O) groups is 1. The minimum atomic E-state index is -0.750. The van der Waals surface area contributed by atoms with Crippen LogP contribution >= 0.6 is 0 Å². The van der Waals surface area contributed by atoms with Gasteiger partial charge in [0.2, 0.25) is 0 Å². The topological polar surface area (TPSA) is 54.0 Å². The van der Waals surface area contributed by atoms with Crippen LogP contribution in [0.3, 0.4) is 0 Å². The molecule has 0 atom stereocenters. The van der Waals surface area contributed by atoms with Gasteiger partial charge in [-0.15, -0.1) is 0 Å². The maximum atomic E-state index is 14.9. The van der Waals surface area contributed by atoms with Crippen LogP contribution in [0.15, 0.2) is 42.5 Å². The summed E-state index contributed by atoms with van der Waals surface area (Å²) in [5.74, 6) is 0.299. The van der Waals surface area contributed by atoms with E-state index in [9.17, 15) is 9.18 Å². The SMILES string of the molecule is CCCCCCCCCC1COC(c2ccc(C(=O)Oc3ccc(OCCCCCCC)cc3)cc2F)OC1. The van der Waals surface area contributed by atoms with Crippen LogP contribution in [0.1, 0.15) is 120 Å². The molecule has 1 fully saturated rings. The van der Waals surface area contributed by atoms with Crippen LogP contribution in [0.2, 0.25) is 0 Å². The second-order valence-corrected chi connectivity index (χ2v) is 10.6. The molecule has 216 valence electrons. The van der Waals surface area contributed by atoms with Gasteiger partial charge in [-0.3, -0.25) is 0 Å². The molecule has 1 aliphatic heterocycles. The quantitative estimate of drug-likeness (QED) is 0.107. The van der Waals surface area contributed by atoms with Gasteiger partial charge in [0.1, 0.15) is 17.3 Å². The average molecular weight is 543 g/mol. The first-order chi connectivity index (χ1) is 19.1. The van der Waals surface area contributed by atoms with E-state index in [1.165, 1.54) is 70.3 Å². The molecule has 0 spiro atoms. The third-order valence-electron chi connectivity index (χ3n) is 7.22. The first-order valence-electron chi connectivity index (χ1n) is 15.1. The van der Waals surface area contributed by atoms with Gasteiger partial charge >= 0.3 is 5.97 Å². The van der Waals surface area contributed by atoms with Crippen molar-refractivity contribution in [3.8, 4) is 11.5 Å². The third-order valence-corrected chi connectivity index (χ3v) is 7.22. The van der Waals surface area contributed by atoms with Crippen molar-refractivity contribution in [3.05, 3.63) is 59.4 Å². The van der Waals surface area contributed by atoms with Gasteiger partial charge in [-0.25, -0.2) is 9.18 Å². The van der Waals surface area contributed by atoms with Gasteiger partial charge in [-0.05, 0) is 49.2 Å². The predicted octanol–water partition coefficient (Wildman–Crippen LogP) is 9.20. The molecule has 0 radical (unpaired) electrons. The summed E-state index contributed by atoms with van der Waals surface area (Å²) in [6.45, 7) is 6.22. The fourth-order valence-electron chi connectivity index (χ4n) is 4.79. The van der Waals surface area contributed by atoms with Crippen LogP contribution in [0, 0.1) is 11.7 Å². The monoisotopic (exact) mass is 542 g/mol. The van der Waals surface area contributed by atoms with Gasteiger partial charge in [0.25, 0.3) is 0 Å². The fraction of sp³-hybridized carbons (Fsp3) is 0.606. The Hall–Kier alpha value is -2.44. The Bertz CT molecular complexity index is 953. The Morgan fingerprint density at radius 3 is 2.03 bits per heavy atom. The van der Waals surface area contributed by atoms with Gasteiger partial charge in [-0.1, -0.05) is 90.5 Å². The highest BCUT2D eigenvalue weighted by atomic mass is 19.1. The lowest BCUT2D eigenvalue weighted by molar-refractivity contribution is -0.207. The molecule has 6 heteroatoms. The number of unbranched alkanes of at least 4 members (excludes halogenated alkanes) is 10. The first kappa shape index (κ1) is 31.1. The van der Waals surface area contributed by atoms with Gasteiger partial charge in [0.05, 0.1) is 25.4 Å². The van der Waals surface area contributed by atoms with Crippen LogP contribution in [0.25, 0.3) is 0 Å². The number of rotatable bonds is 18. The van der Waals surface area contributed by atoms with E-state index in [0.717, 1.165) is 25.0 Å². The lowest BCUT2D eigenvalue weighted by Crippen LogP contribution is -2.27. The molecule has 0 bridgehead atoms. The second-order valence-electron chi connectivity index (χ2n) is 10.6. The van der Waals surface area contributed by atoms with E-state index >= 15 is 0 Å². The summed E-state index contributed by atoms with van der Waals surface area (Å²) in [6.07, 6.45) is 15.2. The molecule has 0 unspecified atom stereocenters.